The van der Waals surface area contributed by atoms with Gasteiger partial charge in [-0.05, 0) is 55.3 Å². The standard InChI is InChI=1S/C19H20N2OS/c1-12-4-6-17-15(9-12)16-10-13(5-7-18(16)21-17)20-19(22)11-14-3-2-8-23-14/h2-4,6,8-9,13,21H,5,7,10-11H2,1H3,(H,20,22). The average Bonchev–Trinajstić information content (AvgIpc) is 3.14. The molecule has 2 aromatic heterocycles. The molecule has 3 nitrogen and oxygen atoms in total. The molecule has 3 aromatic rings. The van der Waals surface area contributed by atoms with Crippen molar-refractivity contribution in [3.8, 4) is 0 Å². The molecule has 1 unspecified atom stereocenters. The maximum atomic E-state index is 12.2. The number of fused-ring (bicyclic) bond motifs is 3. The first-order valence-electron chi connectivity index (χ1n) is 8.11. The zero-order chi connectivity index (χ0) is 15.8. The van der Waals surface area contributed by atoms with Gasteiger partial charge in [0.1, 0.15) is 0 Å². The van der Waals surface area contributed by atoms with Gasteiger partial charge in [0.2, 0.25) is 5.91 Å². The van der Waals surface area contributed by atoms with Crippen LogP contribution in [0.3, 0.4) is 0 Å². The van der Waals surface area contributed by atoms with E-state index in [1.807, 2.05) is 17.5 Å². The number of benzene rings is 1. The molecule has 0 bridgehead atoms. The lowest BCUT2D eigenvalue weighted by atomic mass is 9.91. The van der Waals surface area contributed by atoms with Crippen LogP contribution in [0.25, 0.3) is 10.9 Å². The monoisotopic (exact) mass is 324 g/mol. The molecule has 0 spiro atoms. The van der Waals surface area contributed by atoms with Crippen LogP contribution in [0.15, 0.2) is 35.7 Å². The Balaban J connectivity index is 1.50. The summed E-state index contributed by atoms with van der Waals surface area (Å²) < 4.78 is 0. The second-order valence-electron chi connectivity index (χ2n) is 6.39. The number of hydrogen-bond donors (Lipinski definition) is 2. The van der Waals surface area contributed by atoms with E-state index < -0.39 is 0 Å². The highest BCUT2D eigenvalue weighted by molar-refractivity contribution is 7.10. The Kier molecular flexibility index (Phi) is 3.69. The van der Waals surface area contributed by atoms with Crippen molar-refractivity contribution in [2.45, 2.75) is 38.6 Å². The molecule has 4 rings (SSSR count). The van der Waals surface area contributed by atoms with Crippen molar-refractivity contribution in [3.63, 3.8) is 0 Å². The first-order chi connectivity index (χ1) is 11.2. The van der Waals surface area contributed by atoms with Gasteiger partial charge in [-0.2, -0.15) is 0 Å². The van der Waals surface area contributed by atoms with Crippen LogP contribution in [0.1, 0.15) is 28.1 Å². The van der Waals surface area contributed by atoms with Gasteiger partial charge in [0.15, 0.2) is 0 Å². The van der Waals surface area contributed by atoms with Crippen molar-refractivity contribution < 1.29 is 4.79 Å². The zero-order valence-electron chi connectivity index (χ0n) is 13.2. The first kappa shape index (κ1) is 14.5. The first-order valence-corrected chi connectivity index (χ1v) is 8.99. The van der Waals surface area contributed by atoms with Crippen LogP contribution >= 0.6 is 11.3 Å². The summed E-state index contributed by atoms with van der Waals surface area (Å²) in [5.74, 6) is 0.136. The van der Waals surface area contributed by atoms with Gasteiger partial charge in [0, 0.05) is 27.5 Å². The molecular weight excluding hydrogens is 304 g/mol. The van der Waals surface area contributed by atoms with Crippen molar-refractivity contribution >= 4 is 28.1 Å². The fourth-order valence-corrected chi connectivity index (χ4v) is 4.21. The SMILES string of the molecule is Cc1ccc2[nH]c3c(c2c1)CC(NC(=O)Cc1cccs1)CC3. The molecule has 118 valence electrons. The lowest BCUT2D eigenvalue weighted by molar-refractivity contribution is -0.121. The van der Waals surface area contributed by atoms with E-state index in [0.29, 0.717) is 6.42 Å². The van der Waals surface area contributed by atoms with E-state index in [1.54, 1.807) is 11.3 Å². The highest BCUT2D eigenvalue weighted by Crippen LogP contribution is 2.30. The van der Waals surface area contributed by atoms with Gasteiger partial charge in [-0.3, -0.25) is 4.79 Å². The molecule has 2 heterocycles. The molecule has 0 radical (unpaired) electrons. The maximum Gasteiger partial charge on any atom is 0.225 e. The summed E-state index contributed by atoms with van der Waals surface area (Å²) in [7, 11) is 0. The summed E-state index contributed by atoms with van der Waals surface area (Å²) in [4.78, 5) is 16.9. The molecule has 1 aromatic carbocycles. The lowest BCUT2D eigenvalue weighted by Crippen LogP contribution is -2.39. The maximum absolute atomic E-state index is 12.2. The van der Waals surface area contributed by atoms with Crippen LogP contribution in [0.5, 0.6) is 0 Å². The third-order valence-electron chi connectivity index (χ3n) is 4.62. The molecule has 1 atom stereocenters. The summed E-state index contributed by atoms with van der Waals surface area (Å²) in [6.45, 7) is 2.13. The molecule has 2 N–H and O–H groups in total. The molecule has 1 aliphatic carbocycles. The molecule has 0 saturated heterocycles. The number of amides is 1. The van der Waals surface area contributed by atoms with Crippen molar-refractivity contribution in [2.24, 2.45) is 0 Å². The van der Waals surface area contributed by atoms with E-state index in [2.05, 4.69) is 35.4 Å². The summed E-state index contributed by atoms with van der Waals surface area (Å²) in [5, 5.41) is 6.56. The van der Waals surface area contributed by atoms with Crippen LogP contribution in [-0.2, 0) is 24.1 Å². The largest absolute Gasteiger partial charge is 0.358 e. The smallest absolute Gasteiger partial charge is 0.225 e. The van der Waals surface area contributed by atoms with Gasteiger partial charge in [-0.15, -0.1) is 11.3 Å². The summed E-state index contributed by atoms with van der Waals surface area (Å²) in [6.07, 6.45) is 3.44. The van der Waals surface area contributed by atoms with Gasteiger partial charge in [0.25, 0.3) is 0 Å². The van der Waals surface area contributed by atoms with Crippen molar-refractivity contribution in [3.05, 3.63) is 57.4 Å². The number of aromatic amines is 1. The van der Waals surface area contributed by atoms with Crippen LogP contribution in [0.4, 0.5) is 0 Å². The minimum absolute atomic E-state index is 0.136. The third-order valence-corrected chi connectivity index (χ3v) is 5.50. The topological polar surface area (TPSA) is 44.9 Å². The van der Waals surface area contributed by atoms with Crippen LogP contribution < -0.4 is 5.32 Å². The zero-order valence-corrected chi connectivity index (χ0v) is 14.0. The Labute approximate surface area is 139 Å². The van der Waals surface area contributed by atoms with Gasteiger partial charge in [-0.25, -0.2) is 0 Å². The second kappa shape index (κ2) is 5.85. The van der Waals surface area contributed by atoms with Crippen molar-refractivity contribution in [1.82, 2.24) is 10.3 Å². The summed E-state index contributed by atoms with van der Waals surface area (Å²) in [5.41, 5.74) is 5.22. The molecular formula is C19H20N2OS. The van der Waals surface area contributed by atoms with Gasteiger partial charge < -0.3 is 10.3 Å². The number of nitrogens with one attached hydrogen (secondary N) is 2. The number of thiophene rings is 1. The molecule has 4 heteroatoms. The van der Waals surface area contributed by atoms with E-state index in [9.17, 15) is 4.79 Å². The number of carbonyl (C=O) groups excluding carboxylic acids is 1. The number of H-pyrrole nitrogens is 1. The highest BCUT2D eigenvalue weighted by Gasteiger charge is 2.23. The van der Waals surface area contributed by atoms with E-state index >= 15 is 0 Å². The lowest BCUT2D eigenvalue weighted by Gasteiger charge is -2.23. The van der Waals surface area contributed by atoms with Crippen molar-refractivity contribution in [1.29, 1.82) is 0 Å². The van der Waals surface area contributed by atoms with Crippen LogP contribution in [0.2, 0.25) is 0 Å². The highest BCUT2D eigenvalue weighted by atomic mass is 32.1. The Hall–Kier alpha value is -2.07. The molecule has 23 heavy (non-hydrogen) atoms. The normalized spacial score (nSPS) is 17.2. The summed E-state index contributed by atoms with van der Waals surface area (Å²) >= 11 is 1.64. The van der Waals surface area contributed by atoms with E-state index in [4.69, 9.17) is 0 Å². The fraction of sp³-hybridized carbons (Fsp3) is 0.316. The minimum Gasteiger partial charge on any atom is -0.358 e. The molecule has 1 amide bonds. The van der Waals surface area contributed by atoms with Gasteiger partial charge in [-0.1, -0.05) is 17.7 Å². The average molecular weight is 324 g/mol. The Morgan fingerprint density at radius 3 is 3.13 bits per heavy atom. The van der Waals surface area contributed by atoms with Crippen molar-refractivity contribution in [2.75, 3.05) is 0 Å². The summed E-state index contributed by atoms with van der Waals surface area (Å²) in [6, 6.07) is 10.8. The molecule has 0 aliphatic heterocycles. The number of aromatic nitrogens is 1. The number of rotatable bonds is 3. The Bertz CT molecular complexity index is 848. The van der Waals surface area contributed by atoms with Gasteiger partial charge >= 0.3 is 0 Å². The van der Waals surface area contributed by atoms with Gasteiger partial charge in [0.05, 0.1) is 6.42 Å². The minimum atomic E-state index is 0.136. The van der Waals surface area contributed by atoms with E-state index in [-0.39, 0.29) is 11.9 Å². The predicted octanol–water partition coefficient (Wildman–Crippen LogP) is 3.75. The fourth-order valence-electron chi connectivity index (χ4n) is 3.50. The van der Waals surface area contributed by atoms with Crippen LogP contribution in [-0.4, -0.2) is 16.9 Å². The number of hydrogen-bond acceptors (Lipinski definition) is 2. The quantitative estimate of drug-likeness (QED) is 0.757. The Morgan fingerprint density at radius 2 is 2.30 bits per heavy atom. The van der Waals surface area contributed by atoms with Crippen LogP contribution in [0, 0.1) is 6.92 Å². The molecule has 0 fully saturated rings. The van der Waals surface area contributed by atoms with E-state index in [1.165, 1.54) is 27.7 Å². The second-order valence-corrected chi connectivity index (χ2v) is 7.43. The van der Waals surface area contributed by atoms with E-state index in [0.717, 1.165) is 24.1 Å². The number of aryl methyl sites for hydroxylation is 2. The number of carbonyl (C=O) groups is 1. The Morgan fingerprint density at radius 1 is 1.39 bits per heavy atom. The molecule has 1 aliphatic rings. The molecule has 0 saturated carbocycles. The predicted molar refractivity (Wildman–Crippen MR) is 95.0 cm³/mol. The third kappa shape index (κ3) is 2.91.